The Bertz CT molecular complexity index is 1510. The molecule has 1 saturated heterocycles. The number of piperidine rings is 1. The van der Waals surface area contributed by atoms with E-state index in [9.17, 15) is 4.79 Å². The number of hydrogen-bond acceptors (Lipinski definition) is 6. The van der Waals surface area contributed by atoms with E-state index in [4.69, 9.17) is 0 Å². The quantitative estimate of drug-likeness (QED) is 0.383. The molecule has 4 heterocycles. The molecular weight excluding hydrogens is 452 g/mol. The standard InChI is InChI=1S/C27H30N8O/c1-19-28-26-22-10-5-6-11-23(22)34-24(30-31-27(34)35(26)32-19)12-7-13-25(36)29-21-14-16-33(17-15-21)18-20-8-3-2-4-9-20/h2-6,8-11,21H,7,12-18H2,1H3,(H,29,36). The molecule has 0 radical (unpaired) electrons. The number of nitrogens with zero attached hydrogens (tertiary/aromatic N) is 7. The van der Waals surface area contributed by atoms with Gasteiger partial charge in [0.2, 0.25) is 5.91 Å². The van der Waals surface area contributed by atoms with Crippen molar-refractivity contribution in [3.8, 4) is 0 Å². The van der Waals surface area contributed by atoms with Gasteiger partial charge in [-0.1, -0.05) is 42.5 Å². The van der Waals surface area contributed by atoms with E-state index in [0.717, 1.165) is 54.9 Å². The van der Waals surface area contributed by atoms with Gasteiger partial charge in [-0.05, 0) is 43.9 Å². The summed E-state index contributed by atoms with van der Waals surface area (Å²) >= 11 is 0. The summed E-state index contributed by atoms with van der Waals surface area (Å²) < 4.78 is 3.79. The van der Waals surface area contributed by atoms with Crippen LogP contribution in [-0.2, 0) is 17.8 Å². The fourth-order valence-corrected chi connectivity index (χ4v) is 5.22. The van der Waals surface area contributed by atoms with Crippen LogP contribution in [0.4, 0.5) is 0 Å². The number of rotatable bonds is 7. The lowest BCUT2D eigenvalue weighted by atomic mass is 10.0. The smallest absolute Gasteiger partial charge is 0.258 e. The number of para-hydroxylation sites is 1. The van der Waals surface area contributed by atoms with E-state index in [1.165, 1.54) is 5.56 Å². The first-order valence-electron chi connectivity index (χ1n) is 12.7. The summed E-state index contributed by atoms with van der Waals surface area (Å²) in [6.45, 7) is 4.87. The van der Waals surface area contributed by atoms with E-state index in [1.54, 1.807) is 4.52 Å². The van der Waals surface area contributed by atoms with Crippen LogP contribution < -0.4 is 5.32 Å². The molecule has 36 heavy (non-hydrogen) atoms. The maximum Gasteiger partial charge on any atom is 0.258 e. The third kappa shape index (κ3) is 4.42. The zero-order valence-electron chi connectivity index (χ0n) is 20.5. The molecule has 1 aliphatic heterocycles. The minimum Gasteiger partial charge on any atom is -0.353 e. The lowest BCUT2D eigenvalue weighted by Gasteiger charge is -2.32. The number of amides is 1. The van der Waals surface area contributed by atoms with Crippen LogP contribution in [0.2, 0.25) is 0 Å². The average molecular weight is 483 g/mol. The van der Waals surface area contributed by atoms with Crippen LogP contribution in [0.25, 0.3) is 22.3 Å². The SMILES string of the molecule is Cc1nc2c3ccccc3n3c(CCCC(=O)NC4CCN(Cc5ccccc5)CC4)nnc3n2n1. The molecule has 0 saturated carbocycles. The van der Waals surface area contributed by atoms with E-state index >= 15 is 0 Å². The minimum atomic E-state index is 0.115. The van der Waals surface area contributed by atoms with E-state index in [0.29, 0.717) is 30.9 Å². The largest absolute Gasteiger partial charge is 0.353 e. The number of fused-ring (bicyclic) bond motifs is 6. The van der Waals surface area contributed by atoms with Crippen molar-refractivity contribution in [3.63, 3.8) is 0 Å². The Labute approximate surface area is 209 Å². The fraction of sp³-hybridized carbons (Fsp3) is 0.370. The minimum absolute atomic E-state index is 0.115. The number of aromatic nitrogens is 6. The van der Waals surface area contributed by atoms with Gasteiger partial charge in [-0.2, -0.15) is 4.52 Å². The molecule has 6 rings (SSSR count). The zero-order chi connectivity index (χ0) is 24.5. The van der Waals surface area contributed by atoms with E-state index < -0.39 is 0 Å². The van der Waals surface area contributed by atoms with Crippen LogP contribution in [0, 0.1) is 6.92 Å². The number of nitrogens with one attached hydrogen (secondary N) is 1. The zero-order valence-corrected chi connectivity index (χ0v) is 20.5. The van der Waals surface area contributed by atoms with Gasteiger partial charge in [0, 0.05) is 43.9 Å². The molecule has 1 fully saturated rings. The molecule has 9 heteroatoms. The topological polar surface area (TPSA) is 92.7 Å². The number of aryl methyl sites for hydroxylation is 2. The van der Waals surface area contributed by atoms with Gasteiger partial charge >= 0.3 is 0 Å². The van der Waals surface area contributed by atoms with Gasteiger partial charge < -0.3 is 5.32 Å². The van der Waals surface area contributed by atoms with Crippen LogP contribution in [0.3, 0.4) is 0 Å². The van der Waals surface area contributed by atoms with Crippen molar-refractivity contribution in [1.82, 2.24) is 39.4 Å². The van der Waals surface area contributed by atoms with Gasteiger partial charge in [0.1, 0.15) is 11.6 Å². The highest BCUT2D eigenvalue weighted by Gasteiger charge is 2.21. The number of carbonyl (C=O) groups is 1. The maximum absolute atomic E-state index is 12.7. The van der Waals surface area contributed by atoms with Gasteiger partial charge in [0.15, 0.2) is 5.65 Å². The fourth-order valence-electron chi connectivity index (χ4n) is 5.22. The number of likely N-dealkylation sites (tertiary alicyclic amines) is 1. The highest BCUT2D eigenvalue weighted by molar-refractivity contribution is 5.93. The second kappa shape index (κ2) is 9.66. The van der Waals surface area contributed by atoms with Crippen LogP contribution in [0.1, 0.15) is 42.9 Å². The monoisotopic (exact) mass is 482 g/mol. The van der Waals surface area contributed by atoms with Crippen molar-refractivity contribution >= 4 is 28.2 Å². The molecule has 1 amide bonds. The summed E-state index contributed by atoms with van der Waals surface area (Å²) in [5.74, 6) is 2.29. The number of carbonyl (C=O) groups excluding carboxylic acids is 1. The average Bonchev–Trinajstić information content (AvgIpc) is 3.50. The Balaban J connectivity index is 1.06. The van der Waals surface area contributed by atoms with Crippen molar-refractivity contribution in [2.24, 2.45) is 0 Å². The summed E-state index contributed by atoms with van der Waals surface area (Å²) in [5, 5.41) is 17.6. The van der Waals surface area contributed by atoms with Crippen LogP contribution in [0.15, 0.2) is 54.6 Å². The third-order valence-electron chi connectivity index (χ3n) is 7.01. The molecule has 3 aromatic heterocycles. The Morgan fingerprint density at radius 1 is 1.03 bits per heavy atom. The molecule has 0 bridgehead atoms. The van der Waals surface area contributed by atoms with Crippen molar-refractivity contribution in [2.75, 3.05) is 13.1 Å². The predicted molar refractivity (Wildman–Crippen MR) is 138 cm³/mol. The molecule has 0 atom stereocenters. The summed E-state index contributed by atoms with van der Waals surface area (Å²) in [4.78, 5) is 19.7. The van der Waals surface area contributed by atoms with Crippen LogP contribution in [0.5, 0.6) is 0 Å². The van der Waals surface area contributed by atoms with E-state index in [2.05, 4.69) is 66.9 Å². The maximum atomic E-state index is 12.7. The molecule has 5 aromatic rings. The Morgan fingerprint density at radius 3 is 2.64 bits per heavy atom. The van der Waals surface area contributed by atoms with Crippen LogP contribution >= 0.6 is 0 Å². The second-order valence-corrected chi connectivity index (χ2v) is 9.62. The van der Waals surface area contributed by atoms with E-state index in [-0.39, 0.29) is 11.9 Å². The number of benzene rings is 2. The Hall–Kier alpha value is -3.85. The molecule has 2 aromatic carbocycles. The molecule has 0 aliphatic carbocycles. The molecule has 184 valence electrons. The van der Waals surface area contributed by atoms with Gasteiger partial charge in [0.25, 0.3) is 5.78 Å². The summed E-state index contributed by atoms with van der Waals surface area (Å²) in [6, 6.07) is 18.9. The molecule has 9 nitrogen and oxygen atoms in total. The van der Waals surface area contributed by atoms with Crippen LogP contribution in [-0.4, -0.2) is 59.1 Å². The van der Waals surface area contributed by atoms with Gasteiger partial charge in [-0.15, -0.1) is 15.3 Å². The normalized spacial score (nSPS) is 15.2. The third-order valence-corrected chi connectivity index (χ3v) is 7.01. The second-order valence-electron chi connectivity index (χ2n) is 9.62. The van der Waals surface area contributed by atoms with Crippen molar-refractivity contribution in [3.05, 3.63) is 71.8 Å². The Morgan fingerprint density at radius 2 is 1.81 bits per heavy atom. The molecule has 1 aliphatic rings. The lowest BCUT2D eigenvalue weighted by Crippen LogP contribution is -2.44. The predicted octanol–water partition coefficient (Wildman–Crippen LogP) is 3.34. The van der Waals surface area contributed by atoms with Crippen molar-refractivity contribution in [1.29, 1.82) is 0 Å². The van der Waals surface area contributed by atoms with Gasteiger partial charge in [-0.3, -0.25) is 14.1 Å². The summed E-state index contributed by atoms with van der Waals surface area (Å²) in [5.41, 5.74) is 3.12. The lowest BCUT2D eigenvalue weighted by molar-refractivity contribution is -0.122. The van der Waals surface area contributed by atoms with E-state index in [1.807, 2.05) is 29.5 Å². The molecular formula is C27H30N8O. The van der Waals surface area contributed by atoms with Gasteiger partial charge in [0.05, 0.1) is 5.52 Å². The summed E-state index contributed by atoms with van der Waals surface area (Å²) in [7, 11) is 0. The first-order chi connectivity index (χ1) is 17.7. The van der Waals surface area contributed by atoms with Crippen molar-refractivity contribution in [2.45, 2.75) is 51.6 Å². The highest BCUT2D eigenvalue weighted by atomic mass is 16.1. The molecule has 0 unspecified atom stereocenters. The highest BCUT2D eigenvalue weighted by Crippen LogP contribution is 2.23. The molecule has 0 spiro atoms. The summed E-state index contributed by atoms with van der Waals surface area (Å²) in [6.07, 6.45) is 3.83. The van der Waals surface area contributed by atoms with Crippen molar-refractivity contribution < 1.29 is 4.79 Å². The first-order valence-corrected chi connectivity index (χ1v) is 12.7. The van der Waals surface area contributed by atoms with Gasteiger partial charge in [-0.25, -0.2) is 4.98 Å². The molecule has 1 N–H and O–H groups in total. The Kier molecular flexibility index (Phi) is 6.06. The number of hydrogen-bond donors (Lipinski definition) is 1. The first kappa shape index (κ1) is 22.6.